The lowest BCUT2D eigenvalue weighted by molar-refractivity contribution is -0.173. The minimum absolute atomic E-state index is 0.149. The molecule has 1 saturated heterocycles. The van der Waals surface area contributed by atoms with E-state index in [9.17, 15) is 24.2 Å². The third kappa shape index (κ3) is 8.78. The molecule has 1 aliphatic rings. The van der Waals surface area contributed by atoms with Crippen LogP contribution in [0.15, 0.2) is 48.8 Å². The number of carbonyl (C=O) groups excluding carboxylic acids is 3. The summed E-state index contributed by atoms with van der Waals surface area (Å²) in [5.74, 6) is -2.81. The molecule has 3 heterocycles. The highest BCUT2D eigenvalue weighted by Gasteiger charge is 2.62. The summed E-state index contributed by atoms with van der Waals surface area (Å²) in [6, 6.07) is 13.4. The van der Waals surface area contributed by atoms with Gasteiger partial charge in [0.1, 0.15) is 43.0 Å². The largest absolute Gasteiger partial charge is 0.464 e. The first-order valence-corrected chi connectivity index (χ1v) is 17.5. The maximum atomic E-state index is 14.3. The third-order valence-corrected chi connectivity index (χ3v) is 9.03. The van der Waals surface area contributed by atoms with E-state index in [1.165, 1.54) is 10.8 Å². The Morgan fingerprint density at radius 2 is 1.74 bits per heavy atom. The van der Waals surface area contributed by atoms with Crippen LogP contribution in [0.4, 0.5) is 5.82 Å². The van der Waals surface area contributed by atoms with Crippen LogP contribution in [0, 0.1) is 28.6 Å². The predicted octanol–water partition coefficient (Wildman–Crippen LogP) is 4.16. The minimum atomic E-state index is -4.38. The molecule has 0 bridgehead atoms. The Morgan fingerprint density at radius 3 is 2.36 bits per heavy atom. The fourth-order valence-electron chi connectivity index (χ4n) is 4.71. The van der Waals surface area contributed by atoms with Gasteiger partial charge in [0.25, 0.3) is 0 Å². The fourth-order valence-corrected chi connectivity index (χ4v) is 6.04. The van der Waals surface area contributed by atoms with Gasteiger partial charge in [-0.05, 0) is 45.0 Å². The van der Waals surface area contributed by atoms with Crippen molar-refractivity contribution < 1.29 is 46.9 Å². The van der Waals surface area contributed by atoms with Crippen LogP contribution in [0.3, 0.4) is 0 Å². The lowest BCUT2D eigenvalue weighted by Crippen LogP contribution is -2.50. The van der Waals surface area contributed by atoms with Gasteiger partial charge in [0, 0.05) is 6.54 Å². The molecule has 1 aromatic carbocycles. The molecule has 0 spiro atoms. The van der Waals surface area contributed by atoms with Gasteiger partial charge in [0.05, 0.1) is 22.9 Å². The molecule has 0 aliphatic carbocycles. The van der Waals surface area contributed by atoms with Crippen LogP contribution in [0.5, 0.6) is 5.75 Å². The zero-order chi connectivity index (χ0) is 36.9. The van der Waals surface area contributed by atoms with Gasteiger partial charge in [-0.2, -0.15) is 10.4 Å². The predicted molar refractivity (Wildman–Crippen MR) is 178 cm³/mol. The van der Waals surface area contributed by atoms with Crippen molar-refractivity contribution >= 4 is 37.0 Å². The van der Waals surface area contributed by atoms with Gasteiger partial charge in [0.2, 0.25) is 5.60 Å². The average Bonchev–Trinajstić information content (AvgIpc) is 3.62. The summed E-state index contributed by atoms with van der Waals surface area (Å²) in [6.45, 7) is 10.3. The summed E-state index contributed by atoms with van der Waals surface area (Å²) < 4.78 is 50.7. The molecule has 270 valence electrons. The molecular weight excluding hydrogens is 671 g/mol. The number of ether oxygens (including phenoxy) is 4. The van der Waals surface area contributed by atoms with Crippen molar-refractivity contribution in [1.82, 2.24) is 19.7 Å². The van der Waals surface area contributed by atoms with E-state index in [1.807, 2.05) is 6.07 Å². The Balaban J connectivity index is 1.73. The van der Waals surface area contributed by atoms with Gasteiger partial charge in [-0.1, -0.05) is 45.9 Å². The second kappa shape index (κ2) is 15.6. The maximum absolute atomic E-state index is 14.3. The van der Waals surface area contributed by atoms with E-state index in [4.69, 9.17) is 33.7 Å². The number of carbonyl (C=O) groups is 3. The smallest absolute Gasteiger partial charge is 0.458 e. The molecule has 0 radical (unpaired) electrons. The highest BCUT2D eigenvalue weighted by Crippen LogP contribution is 2.49. The highest BCUT2D eigenvalue weighted by molar-refractivity contribution is 7.52. The molecule has 0 amide bonds. The first kappa shape index (κ1) is 38.3. The average molecular weight is 715 g/mol. The zero-order valence-corrected chi connectivity index (χ0v) is 29.9. The van der Waals surface area contributed by atoms with Gasteiger partial charge in [0.15, 0.2) is 18.0 Å². The number of benzene rings is 1. The Hall–Kier alpha value is -4.55. The highest BCUT2D eigenvalue weighted by atomic mass is 31.2. The third-order valence-electron chi connectivity index (χ3n) is 7.49. The summed E-state index contributed by atoms with van der Waals surface area (Å²) in [4.78, 5) is 42.5. The van der Waals surface area contributed by atoms with E-state index in [-0.39, 0.29) is 24.7 Å². The molecule has 4 rings (SSSR count). The molecule has 3 N–H and O–H groups in total. The number of para-hydroxylation sites is 1. The van der Waals surface area contributed by atoms with Crippen molar-refractivity contribution in [2.24, 2.45) is 17.3 Å². The maximum Gasteiger partial charge on any atom is 0.458 e. The van der Waals surface area contributed by atoms with Crippen molar-refractivity contribution in [2.45, 2.75) is 72.4 Å². The molecule has 1 fully saturated rings. The molecule has 1 unspecified atom stereocenters. The first-order valence-electron chi connectivity index (χ1n) is 16.0. The van der Waals surface area contributed by atoms with Crippen molar-refractivity contribution in [1.29, 1.82) is 5.26 Å². The van der Waals surface area contributed by atoms with E-state index in [2.05, 4.69) is 15.2 Å². The topological polar surface area (TPSA) is 216 Å². The molecule has 3 aromatic rings. The molecular formula is C33H43N6O10P. The molecule has 1 aliphatic heterocycles. The quantitative estimate of drug-likeness (QED) is 0.104. The number of rotatable bonds is 14. The van der Waals surface area contributed by atoms with E-state index < -0.39 is 73.4 Å². The lowest BCUT2D eigenvalue weighted by Gasteiger charge is -2.30. The van der Waals surface area contributed by atoms with Crippen LogP contribution < -0.4 is 15.3 Å². The Labute approximate surface area is 290 Å². The standard InChI is InChI=1S/C33H43N6O10P/c1-20(2)29(40)46-26-25(23-13-14-24-28(35)36-19-37-39(23)24)48-33(17-34,27(26)47-30(41)21(3)4)18-45-50(43,49-22-11-9-8-10-12-22)38-15-16-44-31(42)32(5,6)7/h8-14,19-21,25-27H,15-16,18H2,1-7H3,(H,38,43)(H2,35,36,37)/t25-,26-,27-,33+,50?/m0/s1. The number of esters is 3. The minimum Gasteiger partial charge on any atom is -0.464 e. The monoisotopic (exact) mass is 714 g/mol. The molecule has 17 heteroatoms. The summed E-state index contributed by atoms with van der Waals surface area (Å²) in [7, 11) is -4.38. The Kier molecular flexibility index (Phi) is 11.9. The molecule has 5 atom stereocenters. The van der Waals surface area contributed by atoms with Crippen LogP contribution in [0.1, 0.15) is 60.3 Å². The number of nitrogens with two attached hydrogens (primary N) is 1. The van der Waals surface area contributed by atoms with Crippen molar-refractivity contribution in [2.75, 3.05) is 25.5 Å². The van der Waals surface area contributed by atoms with Gasteiger partial charge in [-0.3, -0.25) is 18.9 Å². The normalized spacial score (nSPS) is 21.8. The molecule has 50 heavy (non-hydrogen) atoms. The van der Waals surface area contributed by atoms with Gasteiger partial charge in [-0.25, -0.2) is 19.2 Å². The Bertz CT molecular complexity index is 1770. The van der Waals surface area contributed by atoms with Crippen LogP contribution in [-0.2, 0) is 42.4 Å². The number of nitrogens with one attached hydrogen (secondary N) is 1. The van der Waals surface area contributed by atoms with Crippen molar-refractivity contribution in [3.8, 4) is 11.8 Å². The molecule has 2 aromatic heterocycles. The van der Waals surface area contributed by atoms with E-state index in [0.29, 0.717) is 11.2 Å². The number of nitrogens with zero attached hydrogens (tertiary/aromatic N) is 4. The number of nitrogen functional groups attached to an aromatic ring is 1. The SMILES string of the molecule is CC(C)C(=O)O[C@H]1[C@H](c2ccc3c(N)ncnn23)O[C@](C#N)(COP(=O)(NCCOC(=O)C(C)(C)C)Oc2ccccc2)[C@H]1OC(=O)C(C)C. The number of aromatic nitrogens is 3. The number of fused-ring (bicyclic) bond motifs is 1. The summed E-state index contributed by atoms with van der Waals surface area (Å²) in [5, 5.41) is 17.7. The van der Waals surface area contributed by atoms with E-state index in [0.717, 1.165) is 0 Å². The van der Waals surface area contributed by atoms with Crippen LogP contribution in [0.25, 0.3) is 5.52 Å². The first-order chi connectivity index (χ1) is 23.5. The number of hydrogen-bond donors (Lipinski definition) is 2. The van der Waals surface area contributed by atoms with Gasteiger partial charge < -0.3 is 29.2 Å². The van der Waals surface area contributed by atoms with Gasteiger partial charge >= 0.3 is 25.7 Å². The number of hydrogen-bond acceptors (Lipinski definition) is 14. The second-order valence-electron chi connectivity index (χ2n) is 13.3. The second-order valence-corrected chi connectivity index (χ2v) is 15.0. The fraction of sp³-hybridized carbons (Fsp3) is 0.515. The van der Waals surface area contributed by atoms with Crippen molar-refractivity contribution in [3.05, 3.63) is 54.5 Å². The lowest BCUT2D eigenvalue weighted by atomic mass is 9.95. The van der Waals surface area contributed by atoms with E-state index >= 15 is 0 Å². The zero-order valence-electron chi connectivity index (χ0n) is 29.0. The van der Waals surface area contributed by atoms with Crippen LogP contribution in [-0.4, -0.2) is 70.1 Å². The van der Waals surface area contributed by atoms with Crippen molar-refractivity contribution in [3.63, 3.8) is 0 Å². The summed E-state index contributed by atoms with van der Waals surface area (Å²) in [5.41, 5.74) is 3.77. The van der Waals surface area contributed by atoms with Gasteiger partial charge in [-0.15, -0.1) is 0 Å². The molecule has 0 saturated carbocycles. The summed E-state index contributed by atoms with van der Waals surface area (Å²) in [6.07, 6.45) is -3.03. The van der Waals surface area contributed by atoms with Crippen LogP contribution >= 0.6 is 7.75 Å². The number of anilines is 1. The van der Waals surface area contributed by atoms with Crippen LogP contribution in [0.2, 0.25) is 0 Å². The Morgan fingerprint density at radius 1 is 1.08 bits per heavy atom. The summed E-state index contributed by atoms with van der Waals surface area (Å²) >= 11 is 0. The van der Waals surface area contributed by atoms with E-state index in [1.54, 1.807) is 90.9 Å². The number of nitriles is 1. The molecule has 16 nitrogen and oxygen atoms in total.